The fourth-order valence-corrected chi connectivity index (χ4v) is 2.31. The molecule has 2 aromatic rings. The summed E-state index contributed by atoms with van der Waals surface area (Å²) in [6.45, 7) is 1.90. The summed E-state index contributed by atoms with van der Waals surface area (Å²) in [7, 11) is 0. The van der Waals surface area contributed by atoms with Gasteiger partial charge in [-0.25, -0.2) is 0 Å². The van der Waals surface area contributed by atoms with Crippen LogP contribution in [0.1, 0.15) is 21.5 Å². The van der Waals surface area contributed by atoms with E-state index < -0.39 is 0 Å². The number of aryl methyl sites for hydroxylation is 1. The summed E-state index contributed by atoms with van der Waals surface area (Å²) in [5, 5.41) is 1.00. The highest BCUT2D eigenvalue weighted by Gasteiger charge is 2.13. The monoisotopic (exact) mass is 293 g/mol. The average Bonchev–Trinajstić information content (AvgIpc) is 2.37. The van der Waals surface area contributed by atoms with Gasteiger partial charge >= 0.3 is 0 Å². The van der Waals surface area contributed by atoms with Crippen LogP contribution >= 0.6 is 23.2 Å². The Bertz CT molecular complexity index is 618. The molecule has 0 aliphatic rings. The Hall–Kier alpha value is -1.51. The van der Waals surface area contributed by atoms with Crippen molar-refractivity contribution in [2.45, 2.75) is 13.3 Å². The highest BCUT2D eigenvalue weighted by molar-refractivity contribution is 6.36. The second-order valence-electron chi connectivity index (χ2n) is 4.37. The lowest BCUT2D eigenvalue weighted by Crippen LogP contribution is -2.05. The molecule has 0 aliphatic carbocycles. The van der Waals surface area contributed by atoms with Gasteiger partial charge in [0.25, 0.3) is 0 Å². The van der Waals surface area contributed by atoms with E-state index in [9.17, 15) is 4.79 Å². The third-order valence-corrected chi connectivity index (χ3v) is 3.71. The number of Topliss-reactive ketones (excluding diaryl/α,β-unsaturated/α-hetero) is 1. The molecule has 19 heavy (non-hydrogen) atoms. The maximum absolute atomic E-state index is 12.2. The van der Waals surface area contributed by atoms with E-state index in [4.69, 9.17) is 28.9 Å². The summed E-state index contributed by atoms with van der Waals surface area (Å²) < 4.78 is 0. The zero-order valence-electron chi connectivity index (χ0n) is 10.4. The van der Waals surface area contributed by atoms with E-state index in [1.54, 1.807) is 30.3 Å². The average molecular weight is 294 g/mol. The van der Waals surface area contributed by atoms with Crippen molar-refractivity contribution in [1.82, 2.24) is 0 Å². The van der Waals surface area contributed by atoms with Crippen molar-refractivity contribution in [1.29, 1.82) is 0 Å². The molecule has 2 N–H and O–H groups in total. The van der Waals surface area contributed by atoms with E-state index in [2.05, 4.69) is 0 Å². The standard InChI is InChI=1S/C15H13Cl2NO/c1-9-5-6-10(7-14(9)18)15(19)8-11-12(16)3-2-4-13(11)17/h2-7H,8,18H2,1H3. The first-order valence-corrected chi connectivity index (χ1v) is 6.57. The van der Waals surface area contributed by atoms with Crippen molar-refractivity contribution in [3.8, 4) is 0 Å². The molecule has 0 spiro atoms. The summed E-state index contributed by atoms with van der Waals surface area (Å²) in [5.41, 5.74) is 8.58. The second kappa shape index (κ2) is 5.64. The molecule has 0 heterocycles. The van der Waals surface area contributed by atoms with Crippen LogP contribution in [0.25, 0.3) is 0 Å². The third-order valence-electron chi connectivity index (χ3n) is 3.00. The number of rotatable bonds is 3. The van der Waals surface area contributed by atoms with E-state index in [0.717, 1.165) is 5.56 Å². The van der Waals surface area contributed by atoms with Gasteiger partial charge in [-0.2, -0.15) is 0 Å². The van der Waals surface area contributed by atoms with Gasteiger partial charge in [0.2, 0.25) is 0 Å². The van der Waals surface area contributed by atoms with E-state index in [0.29, 0.717) is 26.9 Å². The van der Waals surface area contributed by atoms with Gasteiger partial charge in [-0.05, 0) is 36.2 Å². The first kappa shape index (κ1) is 13.9. The number of anilines is 1. The Labute approximate surface area is 122 Å². The molecule has 0 bridgehead atoms. The van der Waals surface area contributed by atoms with Crippen LogP contribution < -0.4 is 5.73 Å². The maximum Gasteiger partial charge on any atom is 0.167 e. The molecule has 2 rings (SSSR count). The van der Waals surface area contributed by atoms with Crippen LogP contribution in [0.5, 0.6) is 0 Å². The van der Waals surface area contributed by atoms with Gasteiger partial charge in [0.05, 0.1) is 0 Å². The molecule has 98 valence electrons. The lowest BCUT2D eigenvalue weighted by Gasteiger charge is -2.07. The molecule has 0 fully saturated rings. The minimum Gasteiger partial charge on any atom is -0.398 e. The van der Waals surface area contributed by atoms with Gasteiger partial charge in [0.15, 0.2) is 5.78 Å². The molecule has 0 unspecified atom stereocenters. The van der Waals surface area contributed by atoms with Crippen molar-refractivity contribution in [2.24, 2.45) is 0 Å². The summed E-state index contributed by atoms with van der Waals surface area (Å²) in [5.74, 6) is -0.0540. The molecule has 0 saturated carbocycles. The number of carbonyl (C=O) groups is 1. The minimum absolute atomic E-state index is 0.0540. The maximum atomic E-state index is 12.2. The van der Waals surface area contributed by atoms with E-state index in [1.165, 1.54) is 0 Å². The number of nitrogen functional groups attached to an aromatic ring is 1. The zero-order chi connectivity index (χ0) is 14.0. The predicted molar refractivity (Wildman–Crippen MR) is 80.1 cm³/mol. The molecule has 2 nitrogen and oxygen atoms in total. The smallest absolute Gasteiger partial charge is 0.167 e. The highest BCUT2D eigenvalue weighted by Crippen LogP contribution is 2.26. The van der Waals surface area contributed by atoms with Crippen LogP contribution in [0.4, 0.5) is 5.69 Å². The Morgan fingerprint density at radius 3 is 2.37 bits per heavy atom. The van der Waals surface area contributed by atoms with Crippen molar-refractivity contribution in [3.05, 3.63) is 63.1 Å². The fourth-order valence-electron chi connectivity index (χ4n) is 1.78. The molecule has 2 aromatic carbocycles. The molecule has 0 aromatic heterocycles. The molecular weight excluding hydrogens is 281 g/mol. The minimum atomic E-state index is -0.0540. The zero-order valence-corrected chi connectivity index (χ0v) is 11.9. The molecule has 0 saturated heterocycles. The van der Waals surface area contributed by atoms with Gasteiger partial charge in [-0.15, -0.1) is 0 Å². The number of halogens is 2. The number of hydrogen-bond acceptors (Lipinski definition) is 2. The normalized spacial score (nSPS) is 10.5. The van der Waals surface area contributed by atoms with Crippen LogP contribution in [0.3, 0.4) is 0 Å². The lowest BCUT2D eigenvalue weighted by atomic mass is 10.0. The van der Waals surface area contributed by atoms with Gasteiger partial charge < -0.3 is 5.73 Å². The predicted octanol–water partition coefficient (Wildman–Crippen LogP) is 4.31. The van der Waals surface area contributed by atoms with Crippen LogP contribution in [0, 0.1) is 6.92 Å². The SMILES string of the molecule is Cc1ccc(C(=O)Cc2c(Cl)cccc2Cl)cc1N. The fraction of sp³-hybridized carbons (Fsp3) is 0.133. The summed E-state index contributed by atoms with van der Waals surface area (Å²) >= 11 is 12.1. The molecule has 0 atom stereocenters. The van der Waals surface area contributed by atoms with Gasteiger partial charge in [-0.3, -0.25) is 4.79 Å². The Morgan fingerprint density at radius 1 is 1.16 bits per heavy atom. The van der Waals surface area contributed by atoms with Crippen molar-refractivity contribution >= 4 is 34.7 Å². The quantitative estimate of drug-likeness (QED) is 0.677. The Kier molecular flexibility index (Phi) is 4.13. The number of ketones is 1. The number of hydrogen-bond donors (Lipinski definition) is 1. The molecule has 4 heteroatoms. The Morgan fingerprint density at radius 2 is 1.79 bits per heavy atom. The number of benzene rings is 2. The largest absolute Gasteiger partial charge is 0.398 e. The Balaban J connectivity index is 2.28. The first-order valence-electron chi connectivity index (χ1n) is 5.81. The van der Waals surface area contributed by atoms with Crippen LogP contribution in [-0.4, -0.2) is 5.78 Å². The van der Waals surface area contributed by atoms with E-state index in [-0.39, 0.29) is 12.2 Å². The van der Waals surface area contributed by atoms with Crippen molar-refractivity contribution < 1.29 is 4.79 Å². The number of carbonyl (C=O) groups excluding carboxylic acids is 1. The molecular formula is C15H13Cl2NO. The van der Waals surface area contributed by atoms with E-state index >= 15 is 0 Å². The summed E-state index contributed by atoms with van der Waals surface area (Å²) in [4.78, 5) is 12.2. The van der Waals surface area contributed by atoms with Gasteiger partial charge in [-0.1, -0.05) is 41.4 Å². The highest BCUT2D eigenvalue weighted by atomic mass is 35.5. The van der Waals surface area contributed by atoms with E-state index in [1.807, 2.05) is 13.0 Å². The lowest BCUT2D eigenvalue weighted by molar-refractivity contribution is 0.0993. The third kappa shape index (κ3) is 3.09. The van der Waals surface area contributed by atoms with Gasteiger partial charge in [0, 0.05) is 27.7 Å². The van der Waals surface area contributed by atoms with Crippen LogP contribution in [0.15, 0.2) is 36.4 Å². The van der Waals surface area contributed by atoms with Crippen molar-refractivity contribution in [2.75, 3.05) is 5.73 Å². The molecule has 0 amide bonds. The number of nitrogens with two attached hydrogens (primary N) is 1. The summed E-state index contributed by atoms with van der Waals surface area (Å²) in [6.07, 6.45) is 0.168. The summed E-state index contributed by atoms with van der Waals surface area (Å²) in [6, 6.07) is 10.5. The van der Waals surface area contributed by atoms with Crippen LogP contribution in [-0.2, 0) is 6.42 Å². The molecule has 0 radical (unpaired) electrons. The van der Waals surface area contributed by atoms with Crippen molar-refractivity contribution in [3.63, 3.8) is 0 Å². The topological polar surface area (TPSA) is 43.1 Å². The second-order valence-corrected chi connectivity index (χ2v) is 5.19. The molecule has 0 aliphatic heterocycles. The van der Waals surface area contributed by atoms with Gasteiger partial charge in [0.1, 0.15) is 0 Å². The van der Waals surface area contributed by atoms with Crippen LogP contribution in [0.2, 0.25) is 10.0 Å². The first-order chi connectivity index (χ1) is 8.99.